The van der Waals surface area contributed by atoms with E-state index in [1.807, 2.05) is 6.07 Å². The zero-order valence-corrected chi connectivity index (χ0v) is 14.8. The third-order valence-electron chi connectivity index (χ3n) is 3.26. The highest BCUT2D eigenvalue weighted by Crippen LogP contribution is 2.38. The molecule has 0 unspecified atom stereocenters. The number of aryl methyl sites for hydroxylation is 1. The third kappa shape index (κ3) is 3.35. The molecule has 0 saturated carbocycles. The first-order valence-electron chi connectivity index (χ1n) is 6.71. The van der Waals surface area contributed by atoms with Gasteiger partial charge in [-0.05, 0) is 74.2 Å². The van der Waals surface area contributed by atoms with Gasteiger partial charge in [0.2, 0.25) is 0 Å². The molecule has 0 aliphatic carbocycles. The molecule has 1 aliphatic rings. The number of nitrogens with one attached hydrogen (secondary N) is 1. The summed E-state index contributed by atoms with van der Waals surface area (Å²) < 4.78 is 13.2. The van der Waals surface area contributed by atoms with E-state index in [0.29, 0.717) is 13.2 Å². The minimum atomic E-state index is 0.597. The summed E-state index contributed by atoms with van der Waals surface area (Å²) in [5, 5.41) is 3.44. The van der Waals surface area contributed by atoms with E-state index < -0.39 is 0 Å². The van der Waals surface area contributed by atoms with E-state index in [0.717, 1.165) is 38.2 Å². The van der Waals surface area contributed by atoms with Crippen LogP contribution in [-0.4, -0.2) is 13.2 Å². The van der Waals surface area contributed by atoms with Gasteiger partial charge in [0.15, 0.2) is 11.5 Å². The van der Waals surface area contributed by atoms with Gasteiger partial charge in [-0.15, -0.1) is 0 Å². The Morgan fingerprint density at radius 3 is 2.71 bits per heavy atom. The number of ether oxygens (including phenoxy) is 2. The maximum absolute atomic E-state index is 5.65. The van der Waals surface area contributed by atoms with Gasteiger partial charge in [0.1, 0.15) is 13.2 Å². The minimum Gasteiger partial charge on any atom is -0.486 e. The summed E-state index contributed by atoms with van der Waals surface area (Å²) in [7, 11) is 0. The molecule has 0 atom stereocenters. The fraction of sp³-hybridized carbons (Fsp3) is 0.250. The normalized spacial score (nSPS) is 13.1. The molecule has 3 rings (SSSR count). The number of halogens is 2. The lowest BCUT2D eigenvalue weighted by Crippen LogP contribution is -2.16. The van der Waals surface area contributed by atoms with Crippen molar-refractivity contribution in [3.8, 4) is 11.5 Å². The van der Waals surface area contributed by atoms with E-state index in [4.69, 9.17) is 9.47 Å². The standard InChI is InChI=1S/C16H15Br2NO2/c1-10-2-3-12(17)14(6-10)19-9-11-7-13(18)16-15(8-11)20-4-5-21-16/h2-3,6-8,19H,4-5,9H2,1H3. The van der Waals surface area contributed by atoms with Gasteiger partial charge in [-0.3, -0.25) is 0 Å². The molecular formula is C16H15Br2NO2. The quantitative estimate of drug-likeness (QED) is 0.777. The summed E-state index contributed by atoms with van der Waals surface area (Å²) in [6.07, 6.45) is 0. The lowest BCUT2D eigenvalue weighted by molar-refractivity contribution is 0.170. The van der Waals surface area contributed by atoms with Gasteiger partial charge < -0.3 is 14.8 Å². The van der Waals surface area contributed by atoms with Gasteiger partial charge in [0, 0.05) is 16.7 Å². The monoisotopic (exact) mass is 411 g/mol. The fourth-order valence-electron chi connectivity index (χ4n) is 2.24. The molecular weight excluding hydrogens is 398 g/mol. The maximum Gasteiger partial charge on any atom is 0.175 e. The predicted molar refractivity (Wildman–Crippen MR) is 91.3 cm³/mol. The molecule has 2 aromatic carbocycles. The average Bonchev–Trinajstić information content (AvgIpc) is 2.48. The molecule has 5 heteroatoms. The van der Waals surface area contributed by atoms with Crippen LogP contribution in [0.1, 0.15) is 11.1 Å². The van der Waals surface area contributed by atoms with Crippen molar-refractivity contribution in [3.05, 3.63) is 50.4 Å². The smallest absolute Gasteiger partial charge is 0.175 e. The number of hydrogen-bond donors (Lipinski definition) is 1. The molecule has 0 fully saturated rings. The first-order valence-corrected chi connectivity index (χ1v) is 8.30. The van der Waals surface area contributed by atoms with Crippen molar-refractivity contribution in [2.75, 3.05) is 18.5 Å². The molecule has 2 aromatic rings. The van der Waals surface area contributed by atoms with Crippen molar-refractivity contribution in [3.63, 3.8) is 0 Å². The van der Waals surface area contributed by atoms with Crippen LogP contribution in [0.25, 0.3) is 0 Å². The van der Waals surface area contributed by atoms with Crippen LogP contribution in [0, 0.1) is 6.92 Å². The van der Waals surface area contributed by atoms with Gasteiger partial charge in [0.05, 0.1) is 4.47 Å². The highest BCUT2D eigenvalue weighted by atomic mass is 79.9. The molecule has 0 saturated heterocycles. The summed E-state index contributed by atoms with van der Waals surface area (Å²) in [5.41, 5.74) is 3.45. The van der Waals surface area contributed by atoms with Crippen molar-refractivity contribution in [1.82, 2.24) is 0 Å². The third-order valence-corrected chi connectivity index (χ3v) is 4.54. The van der Waals surface area contributed by atoms with E-state index in [1.165, 1.54) is 5.56 Å². The predicted octanol–water partition coefficient (Wildman–Crippen LogP) is 4.90. The number of benzene rings is 2. The van der Waals surface area contributed by atoms with Crippen LogP contribution in [0.3, 0.4) is 0 Å². The van der Waals surface area contributed by atoms with Crippen LogP contribution in [-0.2, 0) is 6.54 Å². The summed E-state index contributed by atoms with van der Waals surface area (Å²) in [6.45, 7) is 3.99. The highest BCUT2D eigenvalue weighted by molar-refractivity contribution is 9.11. The molecule has 0 amide bonds. The Kier molecular flexibility index (Phi) is 4.40. The van der Waals surface area contributed by atoms with Crippen molar-refractivity contribution in [2.24, 2.45) is 0 Å². The molecule has 0 aromatic heterocycles. The number of rotatable bonds is 3. The van der Waals surface area contributed by atoms with E-state index in [9.17, 15) is 0 Å². The van der Waals surface area contributed by atoms with Gasteiger partial charge in [-0.1, -0.05) is 6.07 Å². The van der Waals surface area contributed by atoms with E-state index in [-0.39, 0.29) is 0 Å². The van der Waals surface area contributed by atoms with Crippen molar-refractivity contribution in [2.45, 2.75) is 13.5 Å². The maximum atomic E-state index is 5.65. The zero-order valence-electron chi connectivity index (χ0n) is 11.6. The number of anilines is 1. The van der Waals surface area contributed by atoms with Crippen molar-refractivity contribution >= 4 is 37.5 Å². The second-order valence-electron chi connectivity index (χ2n) is 4.94. The second-order valence-corrected chi connectivity index (χ2v) is 6.65. The van der Waals surface area contributed by atoms with Crippen LogP contribution in [0.4, 0.5) is 5.69 Å². The molecule has 0 radical (unpaired) electrons. The van der Waals surface area contributed by atoms with E-state index in [1.54, 1.807) is 0 Å². The Morgan fingerprint density at radius 2 is 1.86 bits per heavy atom. The Hall–Kier alpha value is -1.20. The summed E-state index contributed by atoms with van der Waals surface area (Å²) in [4.78, 5) is 0. The molecule has 21 heavy (non-hydrogen) atoms. The molecule has 0 spiro atoms. The number of hydrogen-bond acceptors (Lipinski definition) is 3. The van der Waals surface area contributed by atoms with Crippen LogP contribution < -0.4 is 14.8 Å². The molecule has 1 heterocycles. The topological polar surface area (TPSA) is 30.5 Å². The molecule has 1 aliphatic heterocycles. The largest absolute Gasteiger partial charge is 0.486 e. The van der Waals surface area contributed by atoms with Crippen LogP contribution in [0.2, 0.25) is 0 Å². The Labute approximate surface area is 140 Å². The summed E-state index contributed by atoms with van der Waals surface area (Å²) >= 11 is 7.11. The Balaban J connectivity index is 1.79. The lowest BCUT2D eigenvalue weighted by atomic mass is 10.1. The fourth-order valence-corrected chi connectivity index (χ4v) is 3.23. The van der Waals surface area contributed by atoms with Crippen molar-refractivity contribution < 1.29 is 9.47 Å². The number of fused-ring (bicyclic) bond motifs is 1. The second kappa shape index (κ2) is 6.28. The van der Waals surface area contributed by atoms with E-state index in [2.05, 4.69) is 68.4 Å². The summed E-state index contributed by atoms with van der Waals surface area (Å²) in [5.74, 6) is 1.59. The highest BCUT2D eigenvalue weighted by Gasteiger charge is 2.16. The van der Waals surface area contributed by atoms with E-state index >= 15 is 0 Å². The van der Waals surface area contributed by atoms with Crippen LogP contribution in [0.5, 0.6) is 11.5 Å². The molecule has 110 valence electrons. The van der Waals surface area contributed by atoms with Gasteiger partial charge in [-0.2, -0.15) is 0 Å². The molecule has 1 N–H and O–H groups in total. The van der Waals surface area contributed by atoms with Gasteiger partial charge in [-0.25, -0.2) is 0 Å². The zero-order chi connectivity index (χ0) is 14.8. The SMILES string of the molecule is Cc1ccc(Br)c(NCc2cc(Br)c3c(c2)OCCO3)c1. The Morgan fingerprint density at radius 1 is 1.05 bits per heavy atom. The van der Waals surface area contributed by atoms with Gasteiger partial charge >= 0.3 is 0 Å². The summed E-state index contributed by atoms with van der Waals surface area (Å²) in [6, 6.07) is 10.3. The van der Waals surface area contributed by atoms with Gasteiger partial charge in [0.25, 0.3) is 0 Å². The molecule has 0 bridgehead atoms. The van der Waals surface area contributed by atoms with Crippen LogP contribution >= 0.6 is 31.9 Å². The lowest BCUT2D eigenvalue weighted by Gasteiger charge is -2.20. The first-order chi connectivity index (χ1) is 10.1. The molecule has 3 nitrogen and oxygen atoms in total. The van der Waals surface area contributed by atoms with Crippen molar-refractivity contribution in [1.29, 1.82) is 0 Å². The minimum absolute atomic E-state index is 0.597. The Bertz CT molecular complexity index is 674. The van der Waals surface area contributed by atoms with Crippen LogP contribution in [0.15, 0.2) is 39.3 Å². The average molecular weight is 413 g/mol. The first kappa shape index (κ1) is 14.7.